The number of piperidine rings is 1. The van der Waals surface area contributed by atoms with E-state index in [0.29, 0.717) is 6.04 Å². The summed E-state index contributed by atoms with van der Waals surface area (Å²) in [4.78, 5) is 6.37. The van der Waals surface area contributed by atoms with E-state index in [1.54, 1.807) is 0 Å². The summed E-state index contributed by atoms with van der Waals surface area (Å²) in [5, 5.41) is 4.89. The zero-order valence-electron chi connectivity index (χ0n) is 10.6. The maximum atomic E-state index is 4.93. The van der Waals surface area contributed by atoms with Gasteiger partial charge in [-0.15, -0.1) is 11.3 Å². The molecule has 1 atom stereocenters. The van der Waals surface area contributed by atoms with Gasteiger partial charge in [0.1, 0.15) is 5.01 Å². The van der Waals surface area contributed by atoms with Crippen molar-refractivity contribution in [3.05, 3.63) is 38.1 Å². The van der Waals surface area contributed by atoms with Crippen molar-refractivity contribution in [3.63, 3.8) is 0 Å². The third kappa shape index (κ3) is 2.06. The number of benzene rings is 1. The highest BCUT2D eigenvalue weighted by atomic mass is 79.9. The number of rotatable bonds is 1. The Morgan fingerprint density at radius 1 is 1.32 bits per heavy atom. The van der Waals surface area contributed by atoms with Crippen molar-refractivity contribution in [3.8, 4) is 11.3 Å². The van der Waals surface area contributed by atoms with Crippen LogP contribution in [0.2, 0.25) is 0 Å². The number of hydrogen-bond acceptors (Lipinski definition) is 3. The van der Waals surface area contributed by atoms with Crippen molar-refractivity contribution in [2.45, 2.75) is 31.7 Å². The highest BCUT2D eigenvalue weighted by Crippen LogP contribution is 2.42. The summed E-state index contributed by atoms with van der Waals surface area (Å²) in [6.07, 6.45) is 4.91. The van der Waals surface area contributed by atoms with Crippen molar-refractivity contribution in [2.24, 2.45) is 0 Å². The second-order valence-electron chi connectivity index (χ2n) is 5.30. The van der Waals surface area contributed by atoms with Gasteiger partial charge in [-0.25, -0.2) is 4.98 Å². The molecule has 2 aromatic rings. The molecule has 1 N–H and O–H groups in total. The number of nitrogens with one attached hydrogen (secondary N) is 1. The monoisotopic (exact) mass is 334 g/mol. The van der Waals surface area contributed by atoms with Gasteiger partial charge in [-0.2, -0.15) is 0 Å². The van der Waals surface area contributed by atoms with Gasteiger partial charge < -0.3 is 5.32 Å². The highest BCUT2D eigenvalue weighted by molar-refractivity contribution is 9.10. The largest absolute Gasteiger partial charge is 0.308 e. The zero-order chi connectivity index (χ0) is 12.8. The van der Waals surface area contributed by atoms with Crippen LogP contribution in [0.25, 0.3) is 11.3 Å². The highest BCUT2D eigenvalue weighted by Gasteiger charge is 2.26. The minimum atomic E-state index is 0.489. The predicted octanol–water partition coefficient (Wildman–Crippen LogP) is 4.29. The van der Waals surface area contributed by atoms with Crippen molar-refractivity contribution < 1.29 is 0 Å². The second kappa shape index (κ2) is 4.69. The summed E-state index contributed by atoms with van der Waals surface area (Å²) in [5.41, 5.74) is 3.97. The molecule has 0 radical (unpaired) electrons. The Hall–Kier alpha value is -0.710. The molecule has 0 amide bonds. The van der Waals surface area contributed by atoms with Crippen LogP contribution in [0.5, 0.6) is 0 Å². The topological polar surface area (TPSA) is 24.9 Å². The van der Waals surface area contributed by atoms with E-state index in [-0.39, 0.29) is 0 Å². The van der Waals surface area contributed by atoms with Crippen molar-refractivity contribution in [1.29, 1.82) is 0 Å². The predicted molar refractivity (Wildman–Crippen MR) is 82.7 cm³/mol. The Morgan fingerprint density at radius 2 is 2.26 bits per heavy atom. The summed E-state index contributed by atoms with van der Waals surface area (Å²) in [7, 11) is 0. The van der Waals surface area contributed by atoms with Gasteiger partial charge in [0.25, 0.3) is 0 Å². The van der Waals surface area contributed by atoms with Crippen LogP contribution >= 0.6 is 27.3 Å². The minimum Gasteiger partial charge on any atom is -0.308 e. The van der Waals surface area contributed by atoms with E-state index in [0.717, 1.165) is 17.4 Å². The number of fused-ring (bicyclic) bond motifs is 3. The van der Waals surface area contributed by atoms with E-state index in [9.17, 15) is 0 Å². The first-order valence-electron chi connectivity index (χ1n) is 6.83. The van der Waals surface area contributed by atoms with Gasteiger partial charge in [0.2, 0.25) is 0 Å². The molecule has 1 aliphatic carbocycles. The average Bonchev–Trinajstić information content (AvgIpc) is 2.96. The van der Waals surface area contributed by atoms with E-state index < -0.39 is 0 Å². The van der Waals surface area contributed by atoms with Gasteiger partial charge in [-0.1, -0.05) is 28.4 Å². The lowest BCUT2D eigenvalue weighted by Crippen LogP contribution is -2.26. The fourth-order valence-electron chi connectivity index (χ4n) is 3.02. The first-order valence-corrected chi connectivity index (χ1v) is 8.44. The van der Waals surface area contributed by atoms with Crippen molar-refractivity contribution in [2.75, 3.05) is 6.54 Å². The Labute approximate surface area is 125 Å². The molecule has 19 heavy (non-hydrogen) atoms. The van der Waals surface area contributed by atoms with E-state index in [1.165, 1.54) is 46.0 Å². The third-order valence-corrected chi connectivity index (χ3v) is 5.66. The quantitative estimate of drug-likeness (QED) is 0.717. The van der Waals surface area contributed by atoms with Crippen LogP contribution in [0, 0.1) is 0 Å². The summed E-state index contributed by atoms with van der Waals surface area (Å²) in [6, 6.07) is 7.03. The van der Waals surface area contributed by atoms with Gasteiger partial charge in [0.05, 0.1) is 11.7 Å². The number of halogens is 1. The number of nitrogens with zero attached hydrogens (tertiary/aromatic N) is 1. The first kappa shape index (κ1) is 12.1. The van der Waals surface area contributed by atoms with Gasteiger partial charge >= 0.3 is 0 Å². The molecule has 2 nitrogen and oxygen atoms in total. The molecule has 1 unspecified atom stereocenters. The molecule has 0 bridgehead atoms. The van der Waals surface area contributed by atoms with Crippen LogP contribution in [-0.4, -0.2) is 11.5 Å². The second-order valence-corrected chi connectivity index (χ2v) is 7.34. The molecule has 0 spiro atoms. The molecule has 98 valence electrons. The van der Waals surface area contributed by atoms with E-state index >= 15 is 0 Å². The van der Waals surface area contributed by atoms with Gasteiger partial charge in [-0.05, 0) is 37.1 Å². The van der Waals surface area contributed by atoms with Crippen LogP contribution in [0.4, 0.5) is 0 Å². The summed E-state index contributed by atoms with van der Waals surface area (Å²) < 4.78 is 1.16. The molecule has 2 aliphatic rings. The summed E-state index contributed by atoms with van der Waals surface area (Å²) >= 11 is 5.45. The van der Waals surface area contributed by atoms with Gasteiger partial charge in [-0.3, -0.25) is 0 Å². The zero-order valence-corrected chi connectivity index (χ0v) is 13.0. The maximum Gasteiger partial charge on any atom is 0.111 e. The van der Waals surface area contributed by atoms with Crippen LogP contribution in [0.1, 0.15) is 40.8 Å². The van der Waals surface area contributed by atoms with E-state index in [2.05, 4.69) is 39.4 Å². The third-order valence-electron chi connectivity index (χ3n) is 4.00. The lowest BCUT2D eigenvalue weighted by molar-refractivity contribution is 0.411. The molecule has 1 aliphatic heterocycles. The SMILES string of the molecule is Brc1ccc2c(c1)Cc1sc(C3CCCCN3)nc1-2. The molecule has 1 aromatic carbocycles. The number of hydrogen-bond donors (Lipinski definition) is 1. The van der Waals surface area contributed by atoms with Crippen LogP contribution in [-0.2, 0) is 6.42 Å². The summed E-state index contributed by atoms with van der Waals surface area (Å²) in [6.45, 7) is 1.14. The lowest BCUT2D eigenvalue weighted by atomic mass is 10.1. The molecule has 1 saturated heterocycles. The van der Waals surface area contributed by atoms with Gasteiger partial charge in [0, 0.05) is 21.3 Å². The summed E-state index contributed by atoms with van der Waals surface area (Å²) in [5.74, 6) is 0. The van der Waals surface area contributed by atoms with Crippen molar-refractivity contribution in [1.82, 2.24) is 10.3 Å². The fraction of sp³-hybridized carbons (Fsp3) is 0.400. The molecule has 1 fully saturated rings. The molecule has 4 rings (SSSR count). The van der Waals surface area contributed by atoms with E-state index in [1.807, 2.05) is 11.3 Å². The molecule has 4 heteroatoms. The Morgan fingerprint density at radius 3 is 3.11 bits per heavy atom. The van der Waals surface area contributed by atoms with Crippen LogP contribution in [0.3, 0.4) is 0 Å². The van der Waals surface area contributed by atoms with Crippen LogP contribution < -0.4 is 5.32 Å². The molecule has 0 saturated carbocycles. The maximum absolute atomic E-state index is 4.93. The smallest absolute Gasteiger partial charge is 0.111 e. The normalized spacial score (nSPS) is 21.2. The molecular formula is C15H15BrN2S. The Balaban J connectivity index is 1.71. The van der Waals surface area contributed by atoms with E-state index in [4.69, 9.17) is 4.98 Å². The van der Waals surface area contributed by atoms with Crippen molar-refractivity contribution >= 4 is 27.3 Å². The average molecular weight is 335 g/mol. The lowest BCUT2D eigenvalue weighted by Gasteiger charge is -2.21. The standard InChI is InChI=1S/C15H15BrN2S/c16-10-4-5-11-9(7-10)8-13-14(11)18-15(19-13)12-3-1-2-6-17-12/h4-5,7,12,17H,1-3,6,8H2. The molecular weight excluding hydrogens is 320 g/mol. The number of aromatic nitrogens is 1. The van der Waals surface area contributed by atoms with Gasteiger partial charge in [0.15, 0.2) is 0 Å². The molecule has 1 aromatic heterocycles. The Kier molecular flexibility index (Phi) is 2.98. The minimum absolute atomic E-state index is 0.489. The number of thiazole rings is 1. The van der Waals surface area contributed by atoms with Crippen LogP contribution in [0.15, 0.2) is 22.7 Å². The fourth-order valence-corrected chi connectivity index (χ4v) is 4.65. The Bertz CT molecular complexity index is 629. The first-order chi connectivity index (χ1) is 9.31. The molecule has 2 heterocycles.